The number of anilines is 3. The Morgan fingerprint density at radius 1 is 0.921 bits per heavy atom. The van der Waals surface area contributed by atoms with Crippen molar-refractivity contribution in [3.8, 4) is 21.1 Å². The summed E-state index contributed by atoms with van der Waals surface area (Å²) in [5, 5.41) is 18.7. The van der Waals surface area contributed by atoms with Gasteiger partial charge in [-0.2, -0.15) is 0 Å². The van der Waals surface area contributed by atoms with E-state index < -0.39 is 5.97 Å². The van der Waals surface area contributed by atoms with Gasteiger partial charge >= 0.3 is 5.97 Å². The second-order valence-corrected chi connectivity index (χ2v) is 10.2. The van der Waals surface area contributed by atoms with E-state index in [1.165, 1.54) is 22.7 Å². The minimum Gasteiger partial charge on any atom is -0.478 e. The van der Waals surface area contributed by atoms with E-state index in [1.807, 2.05) is 60.0 Å². The molecule has 0 unspecified atom stereocenters. The maximum atomic E-state index is 12.5. The molecule has 2 heterocycles. The fraction of sp³-hybridized carbons (Fsp3) is 0.0714. The molecule has 0 saturated carbocycles. The number of hydrogen-bond acceptors (Lipinski definition) is 8. The molecule has 0 spiro atoms. The summed E-state index contributed by atoms with van der Waals surface area (Å²) in [7, 11) is 0. The van der Waals surface area contributed by atoms with Crippen molar-refractivity contribution in [3.05, 3.63) is 101 Å². The van der Waals surface area contributed by atoms with Crippen molar-refractivity contribution < 1.29 is 14.7 Å². The average molecular weight is 542 g/mol. The third-order valence-corrected chi connectivity index (χ3v) is 7.72. The van der Waals surface area contributed by atoms with Crippen LogP contribution < -0.4 is 16.4 Å². The molecule has 0 saturated heterocycles. The SMILES string of the molecule is Nc1nc(NCCc2ccc(C(=O)O)cc2)sc1-c1nc(-c2cccc(NC(=O)c3ccccc3)c2)cs1. The van der Waals surface area contributed by atoms with Gasteiger partial charge in [-0.15, -0.1) is 11.3 Å². The van der Waals surface area contributed by atoms with Crippen LogP contribution in [0.3, 0.4) is 0 Å². The zero-order valence-electron chi connectivity index (χ0n) is 20.0. The Labute approximate surface area is 226 Å². The first-order valence-corrected chi connectivity index (χ1v) is 13.4. The minimum atomic E-state index is -0.937. The van der Waals surface area contributed by atoms with Crippen molar-refractivity contribution in [3.63, 3.8) is 0 Å². The highest BCUT2D eigenvalue weighted by atomic mass is 32.1. The summed E-state index contributed by atoms with van der Waals surface area (Å²) in [6.07, 6.45) is 0.716. The van der Waals surface area contributed by atoms with Crippen LogP contribution in [0.2, 0.25) is 0 Å². The van der Waals surface area contributed by atoms with Crippen molar-refractivity contribution in [2.24, 2.45) is 0 Å². The maximum Gasteiger partial charge on any atom is 0.335 e. The van der Waals surface area contributed by atoms with Crippen LogP contribution in [0.1, 0.15) is 26.3 Å². The lowest BCUT2D eigenvalue weighted by molar-refractivity contribution is 0.0696. The van der Waals surface area contributed by atoms with Crippen LogP contribution in [-0.4, -0.2) is 33.5 Å². The van der Waals surface area contributed by atoms with Gasteiger partial charge in [0.25, 0.3) is 5.91 Å². The summed E-state index contributed by atoms with van der Waals surface area (Å²) in [4.78, 5) is 33.5. The van der Waals surface area contributed by atoms with Crippen molar-refractivity contribution >= 4 is 51.2 Å². The molecular weight excluding hydrogens is 518 g/mol. The van der Waals surface area contributed by atoms with Crippen LogP contribution in [0, 0.1) is 0 Å². The van der Waals surface area contributed by atoms with Gasteiger partial charge in [0, 0.05) is 28.7 Å². The quantitative estimate of drug-likeness (QED) is 0.177. The molecule has 2 aromatic heterocycles. The third kappa shape index (κ3) is 5.88. The number of carboxylic acids is 1. The second kappa shape index (κ2) is 11.2. The second-order valence-electron chi connectivity index (χ2n) is 8.35. The third-order valence-electron chi connectivity index (χ3n) is 5.69. The number of thiazole rings is 2. The molecule has 0 radical (unpaired) electrons. The standard InChI is InChI=1S/C28H23N5O3S2/c29-24-23(38-28(33-24)30-14-13-17-9-11-19(12-10-17)27(35)36)26-32-22(16-37-26)20-7-4-8-21(15-20)31-25(34)18-5-2-1-3-6-18/h1-12,15-16H,13-14,29H2,(H,30,33)(H,31,34)(H,35,36). The van der Waals surface area contributed by atoms with Gasteiger partial charge in [-0.25, -0.2) is 14.8 Å². The van der Waals surface area contributed by atoms with Crippen LogP contribution >= 0.6 is 22.7 Å². The van der Waals surface area contributed by atoms with Crippen molar-refractivity contribution in [1.29, 1.82) is 0 Å². The number of amides is 1. The number of carbonyl (C=O) groups excluding carboxylic acids is 1. The lowest BCUT2D eigenvalue weighted by Gasteiger charge is -2.06. The molecule has 0 aliphatic rings. The van der Waals surface area contributed by atoms with E-state index in [4.69, 9.17) is 15.8 Å². The number of aromatic carboxylic acids is 1. The van der Waals surface area contributed by atoms with Crippen LogP contribution in [0.15, 0.2) is 84.2 Å². The zero-order chi connectivity index (χ0) is 26.5. The first-order valence-electron chi connectivity index (χ1n) is 11.7. The molecule has 1 amide bonds. The summed E-state index contributed by atoms with van der Waals surface area (Å²) in [6.45, 7) is 0.628. The Balaban J connectivity index is 1.23. The highest BCUT2D eigenvalue weighted by Gasteiger charge is 2.15. The summed E-state index contributed by atoms with van der Waals surface area (Å²) < 4.78 is 0. The predicted molar refractivity (Wildman–Crippen MR) is 153 cm³/mol. The first kappa shape index (κ1) is 25.1. The van der Waals surface area contributed by atoms with Gasteiger partial charge in [0.2, 0.25) is 0 Å². The van der Waals surface area contributed by atoms with Gasteiger partial charge in [0.1, 0.15) is 15.7 Å². The molecule has 0 bridgehead atoms. The van der Waals surface area contributed by atoms with Crippen molar-refractivity contribution in [2.75, 3.05) is 22.9 Å². The smallest absolute Gasteiger partial charge is 0.335 e. The molecular formula is C28H23N5O3S2. The predicted octanol–water partition coefficient (Wildman–Crippen LogP) is 6.12. The van der Waals surface area contributed by atoms with Crippen molar-refractivity contribution in [1.82, 2.24) is 9.97 Å². The number of carbonyl (C=O) groups is 2. The topological polar surface area (TPSA) is 130 Å². The molecule has 0 aliphatic heterocycles. The average Bonchev–Trinajstić information content (AvgIpc) is 3.56. The molecule has 3 aromatic carbocycles. The van der Waals surface area contributed by atoms with E-state index >= 15 is 0 Å². The highest BCUT2D eigenvalue weighted by Crippen LogP contribution is 2.38. The molecule has 5 rings (SSSR count). The molecule has 190 valence electrons. The van der Waals surface area contributed by atoms with Crippen LogP contribution in [0.25, 0.3) is 21.1 Å². The number of nitrogens with zero attached hydrogens (tertiary/aromatic N) is 2. The maximum absolute atomic E-state index is 12.5. The minimum absolute atomic E-state index is 0.170. The molecule has 10 heteroatoms. The van der Waals surface area contributed by atoms with Gasteiger partial charge in [-0.05, 0) is 48.4 Å². The summed E-state index contributed by atoms with van der Waals surface area (Å²) in [5.41, 5.74) is 10.5. The Hall–Kier alpha value is -4.54. The fourth-order valence-electron chi connectivity index (χ4n) is 3.75. The van der Waals surface area contributed by atoms with E-state index in [9.17, 15) is 9.59 Å². The summed E-state index contributed by atoms with van der Waals surface area (Å²) in [6, 6.07) is 23.5. The Morgan fingerprint density at radius 2 is 1.71 bits per heavy atom. The number of rotatable bonds is 9. The van der Waals surface area contributed by atoms with Crippen LogP contribution in [0.5, 0.6) is 0 Å². The van der Waals surface area contributed by atoms with E-state index in [2.05, 4.69) is 15.6 Å². The monoisotopic (exact) mass is 541 g/mol. The number of benzene rings is 3. The number of nitrogens with one attached hydrogen (secondary N) is 2. The molecule has 38 heavy (non-hydrogen) atoms. The fourth-order valence-corrected chi connectivity index (χ4v) is 5.59. The van der Waals surface area contributed by atoms with E-state index in [0.29, 0.717) is 35.2 Å². The first-order chi connectivity index (χ1) is 18.5. The molecule has 5 N–H and O–H groups in total. The number of hydrogen-bond donors (Lipinski definition) is 4. The van der Waals surface area contributed by atoms with E-state index in [1.54, 1.807) is 24.3 Å². The van der Waals surface area contributed by atoms with E-state index in [-0.39, 0.29) is 11.5 Å². The Bertz CT molecular complexity index is 1580. The van der Waals surface area contributed by atoms with E-state index in [0.717, 1.165) is 26.7 Å². The lowest BCUT2D eigenvalue weighted by Crippen LogP contribution is -2.11. The summed E-state index contributed by atoms with van der Waals surface area (Å²) >= 11 is 2.92. The van der Waals surface area contributed by atoms with Gasteiger partial charge < -0.3 is 21.5 Å². The lowest BCUT2D eigenvalue weighted by atomic mass is 10.1. The highest BCUT2D eigenvalue weighted by molar-refractivity contribution is 7.23. The van der Waals surface area contributed by atoms with Crippen LogP contribution in [0.4, 0.5) is 16.6 Å². The Morgan fingerprint density at radius 3 is 2.47 bits per heavy atom. The van der Waals surface area contributed by atoms with Gasteiger partial charge in [0.05, 0.1) is 11.3 Å². The number of carboxylic acid groups (broad SMARTS) is 1. The molecule has 0 aliphatic carbocycles. The number of aromatic nitrogens is 2. The van der Waals surface area contributed by atoms with Crippen molar-refractivity contribution in [2.45, 2.75) is 6.42 Å². The molecule has 8 nitrogen and oxygen atoms in total. The normalized spacial score (nSPS) is 10.7. The van der Waals surface area contributed by atoms with Gasteiger partial charge in [-0.3, -0.25) is 4.79 Å². The molecule has 5 aromatic rings. The largest absolute Gasteiger partial charge is 0.478 e. The van der Waals surface area contributed by atoms with Gasteiger partial charge in [-0.1, -0.05) is 53.8 Å². The number of nitrogen functional groups attached to an aromatic ring is 1. The van der Waals surface area contributed by atoms with Crippen LogP contribution in [-0.2, 0) is 6.42 Å². The summed E-state index contributed by atoms with van der Waals surface area (Å²) in [5.74, 6) is -0.696. The van der Waals surface area contributed by atoms with Gasteiger partial charge in [0.15, 0.2) is 5.13 Å². The zero-order valence-corrected chi connectivity index (χ0v) is 21.7. The molecule has 0 atom stereocenters. The molecule has 0 fully saturated rings. The number of nitrogens with two attached hydrogens (primary N) is 1. The Kier molecular flexibility index (Phi) is 7.43.